The van der Waals surface area contributed by atoms with Crippen LogP contribution in [0.3, 0.4) is 0 Å². The Bertz CT molecular complexity index is 1170. The van der Waals surface area contributed by atoms with Crippen LogP contribution in [0.25, 0.3) is 10.2 Å². The zero-order valence-electron chi connectivity index (χ0n) is 16.1. The first-order chi connectivity index (χ1) is 14.0. The Morgan fingerprint density at radius 1 is 1.03 bits per heavy atom. The van der Waals surface area contributed by atoms with Crippen molar-refractivity contribution in [1.82, 2.24) is 15.0 Å². The second kappa shape index (κ2) is 8.49. The predicted molar refractivity (Wildman–Crippen MR) is 125 cm³/mol. The fourth-order valence-electron chi connectivity index (χ4n) is 2.85. The van der Waals surface area contributed by atoms with Crippen LogP contribution in [0.4, 0.5) is 22.6 Å². The van der Waals surface area contributed by atoms with Crippen molar-refractivity contribution in [2.75, 3.05) is 31.1 Å². The van der Waals surface area contributed by atoms with Gasteiger partial charge in [-0.2, -0.15) is 4.98 Å². The molecule has 6 nitrogen and oxygen atoms in total. The third kappa shape index (κ3) is 4.27. The first-order valence-electron chi connectivity index (χ1n) is 8.81. The second-order valence-electron chi connectivity index (χ2n) is 6.38. The lowest BCUT2D eigenvalue weighted by Gasteiger charge is -2.15. The highest BCUT2D eigenvalue weighted by atomic mass is 35.5. The summed E-state index contributed by atoms with van der Waals surface area (Å²) in [6.45, 7) is 4.43. The van der Waals surface area contributed by atoms with Gasteiger partial charge in [0.05, 0.1) is 18.0 Å². The van der Waals surface area contributed by atoms with Crippen molar-refractivity contribution < 1.29 is 4.74 Å². The van der Waals surface area contributed by atoms with Gasteiger partial charge in [-0.25, -0.2) is 9.97 Å². The molecule has 0 unspecified atom stereocenters. The molecule has 0 aliphatic heterocycles. The molecule has 0 radical (unpaired) electrons. The number of ether oxygens (including phenoxy) is 1. The standard InChI is InChI=1S/C20H19ClN5OPS/c1-27-14-8-6-10-16-17(14)24-20(29-16)26-19-22-11-12(21)18(25-19)23-13-7-4-5-9-15(13)28(2)3/h4-11H,1-3H3,(H2,22,23,24,25,26). The smallest absolute Gasteiger partial charge is 0.231 e. The number of rotatable bonds is 6. The van der Waals surface area contributed by atoms with E-state index < -0.39 is 0 Å². The van der Waals surface area contributed by atoms with Gasteiger partial charge in [0.1, 0.15) is 16.3 Å². The molecule has 0 aliphatic rings. The maximum atomic E-state index is 6.35. The SMILES string of the molecule is COc1cccc2sc(Nc3ncc(Cl)c(Nc4ccccc4P(C)C)n3)nc12. The summed E-state index contributed by atoms with van der Waals surface area (Å²) < 4.78 is 6.40. The zero-order chi connectivity index (χ0) is 20.4. The summed E-state index contributed by atoms with van der Waals surface area (Å²) in [7, 11) is 1.37. The molecule has 148 valence electrons. The average Bonchev–Trinajstić information content (AvgIpc) is 3.13. The van der Waals surface area contributed by atoms with Crippen molar-refractivity contribution in [1.29, 1.82) is 0 Å². The summed E-state index contributed by atoms with van der Waals surface area (Å²) in [4.78, 5) is 13.4. The van der Waals surface area contributed by atoms with Crippen LogP contribution in [0.15, 0.2) is 48.7 Å². The lowest BCUT2D eigenvalue weighted by molar-refractivity contribution is 0.419. The lowest BCUT2D eigenvalue weighted by Crippen LogP contribution is -2.09. The molecular formula is C20H19ClN5OPS. The van der Waals surface area contributed by atoms with Crippen molar-refractivity contribution in [3.05, 3.63) is 53.7 Å². The first kappa shape index (κ1) is 19.8. The highest BCUT2D eigenvalue weighted by molar-refractivity contribution is 7.64. The number of para-hydroxylation sites is 2. The molecule has 2 heterocycles. The van der Waals surface area contributed by atoms with E-state index in [9.17, 15) is 0 Å². The molecule has 9 heteroatoms. The number of hydrogen-bond donors (Lipinski definition) is 2. The van der Waals surface area contributed by atoms with Gasteiger partial charge in [-0.3, -0.25) is 5.32 Å². The van der Waals surface area contributed by atoms with E-state index in [1.165, 1.54) is 16.6 Å². The minimum Gasteiger partial charge on any atom is -0.494 e. The van der Waals surface area contributed by atoms with Gasteiger partial charge in [0.15, 0.2) is 10.9 Å². The number of benzene rings is 2. The van der Waals surface area contributed by atoms with E-state index >= 15 is 0 Å². The molecule has 2 aromatic heterocycles. The molecule has 29 heavy (non-hydrogen) atoms. The predicted octanol–water partition coefficient (Wildman–Crippen LogP) is 5.60. The van der Waals surface area contributed by atoms with E-state index in [-0.39, 0.29) is 7.92 Å². The number of thiazole rings is 1. The van der Waals surface area contributed by atoms with Crippen LogP contribution in [0.2, 0.25) is 5.02 Å². The van der Waals surface area contributed by atoms with Crippen LogP contribution in [-0.4, -0.2) is 35.4 Å². The molecule has 2 N–H and O–H groups in total. The third-order valence-electron chi connectivity index (χ3n) is 4.20. The summed E-state index contributed by atoms with van der Waals surface area (Å²) in [5.41, 5.74) is 1.81. The van der Waals surface area contributed by atoms with E-state index in [2.05, 4.69) is 45.0 Å². The zero-order valence-corrected chi connectivity index (χ0v) is 18.6. The Hall–Kier alpha value is -2.47. The normalized spacial score (nSPS) is 11.1. The minimum atomic E-state index is -0.271. The van der Waals surface area contributed by atoms with Crippen molar-refractivity contribution in [2.24, 2.45) is 0 Å². The van der Waals surface area contributed by atoms with Gasteiger partial charge < -0.3 is 10.1 Å². The highest BCUT2D eigenvalue weighted by Gasteiger charge is 2.13. The Labute approximate surface area is 179 Å². The summed E-state index contributed by atoms with van der Waals surface area (Å²) in [5.74, 6) is 1.70. The molecule has 0 aliphatic carbocycles. The maximum Gasteiger partial charge on any atom is 0.231 e. The van der Waals surface area contributed by atoms with Crippen LogP contribution < -0.4 is 20.7 Å². The van der Waals surface area contributed by atoms with Crippen LogP contribution in [0, 0.1) is 0 Å². The monoisotopic (exact) mass is 443 g/mol. The Kier molecular flexibility index (Phi) is 5.81. The molecular weight excluding hydrogens is 425 g/mol. The van der Waals surface area contributed by atoms with Crippen LogP contribution in [-0.2, 0) is 0 Å². The summed E-state index contributed by atoms with van der Waals surface area (Å²) in [6.07, 6.45) is 1.58. The summed E-state index contributed by atoms with van der Waals surface area (Å²) in [5, 5.41) is 8.91. The molecule has 0 spiro atoms. The number of nitrogens with one attached hydrogen (secondary N) is 2. The van der Waals surface area contributed by atoms with E-state index in [1.54, 1.807) is 13.3 Å². The molecule has 4 aromatic rings. The van der Waals surface area contributed by atoms with Gasteiger partial charge in [-0.05, 0) is 36.8 Å². The van der Waals surface area contributed by atoms with Gasteiger partial charge in [0.25, 0.3) is 0 Å². The van der Waals surface area contributed by atoms with Gasteiger partial charge in [0.2, 0.25) is 5.95 Å². The molecule has 0 atom stereocenters. The van der Waals surface area contributed by atoms with Crippen LogP contribution in [0.1, 0.15) is 0 Å². The fourth-order valence-corrected chi connectivity index (χ4v) is 4.86. The molecule has 0 saturated heterocycles. The Morgan fingerprint density at radius 2 is 1.86 bits per heavy atom. The highest BCUT2D eigenvalue weighted by Crippen LogP contribution is 2.34. The van der Waals surface area contributed by atoms with Gasteiger partial charge >= 0.3 is 0 Å². The number of fused-ring (bicyclic) bond motifs is 1. The number of halogens is 1. The Morgan fingerprint density at radius 3 is 2.66 bits per heavy atom. The third-order valence-corrected chi connectivity index (χ3v) is 6.77. The topological polar surface area (TPSA) is 72.0 Å². The molecule has 0 fully saturated rings. The number of hydrogen-bond acceptors (Lipinski definition) is 7. The van der Waals surface area contributed by atoms with Crippen LogP contribution in [0.5, 0.6) is 5.75 Å². The molecule has 4 rings (SSSR count). The molecule has 2 aromatic carbocycles. The van der Waals surface area contributed by atoms with Crippen molar-refractivity contribution in [3.8, 4) is 5.75 Å². The minimum absolute atomic E-state index is 0.271. The van der Waals surface area contributed by atoms with Crippen LogP contribution >= 0.6 is 30.9 Å². The number of aromatic nitrogens is 3. The maximum absolute atomic E-state index is 6.35. The fraction of sp³-hybridized carbons (Fsp3) is 0.150. The largest absolute Gasteiger partial charge is 0.494 e. The molecule has 0 saturated carbocycles. The molecule has 0 bridgehead atoms. The second-order valence-corrected chi connectivity index (χ2v) is 10.1. The van der Waals surface area contributed by atoms with Crippen molar-refractivity contribution in [2.45, 2.75) is 0 Å². The summed E-state index contributed by atoms with van der Waals surface area (Å²) >= 11 is 7.85. The Balaban J connectivity index is 1.62. The van der Waals surface area contributed by atoms with Gasteiger partial charge in [0, 0.05) is 5.69 Å². The van der Waals surface area contributed by atoms with Gasteiger partial charge in [-0.15, -0.1) is 0 Å². The quantitative estimate of drug-likeness (QED) is 0.378. The number of anilines is 4. The van der Waals surface area contributed by atoms with Gasteiger partial charge in [-0.1, -0.05) is 55.1 Å². The van der Waals surface area contributed by atoms with E-state index in [0.29, 0.717) is 21.9 Å². The van der Waals surface area contributed by atoms with Crippen molar-refractivity contribution >= 4 is 69.0 Å². The van der Waals surface area contributed by atoms with E-state index in [0.717, 1.165) is 21.7 Å². The molecule has 0 amide bonds. The lowest BCUT2D eigenvalue weighted by atomic mass is 10.3. The van der Waals surface area contributed by atoms with Crippen molar-refractivity contribution in [3.63, 3.8) is 0 Å². The van der Waals surface area contributed by atoms with E-state index in [1.807, 2.05) is 36.4 Å². The average molecular weight is 444 g/mol. The summed E-state index contributed by atoms with van der Waals surface area (Å²) in [6, 6.07) is 14.0. The van der Waals surface area contributed by atoms with E-state index in [4.69, 9.17) is 16.3 Å². The number of nitrogens with zero attached hydrogens (tertiary/aromatic N) is 3. The number of methoxy groups -OCH3 is 1. The first-order valence-corrected chi connectivity index (χ1v) is 12.2.